The van der Waals surface area contributed by atoms with Crippen LogP contribution in [0.4, 0.5) is 0 Å². The average molecular weight is 297 g/mol. The van der Waals surface area contributed by atoms with Crippen LogP contribution in [0.5, 0.6) is 5.75 Å². The van der Waals surface area contributed by atoms with Gasteiger partial charge in [0.2, 0.25) is 5.78 Å². The summed E-state index contributed by atoms with van der Waals surface area (Å²) >= 11 is 1.35. The van der Waals surface area contributed by atoms with E-state index < -0.39 is 0 Å². The molecule has 0 bridgehead atoms. The maximum absolute atomic E-state index is 12.4. The van der Waals surface area contributed by atoms with Crippen molar-refractivity contribution in [2.75, 3.05) is 6.61 Å². The molecule has 0 aliphatic heterocycles. The number of aryl methyl sites for hydroxylation is 1. The lowest BCUT2D eigenvalue weighted by molar-refractivity contribution is 0.104. The number of ether oxygens (including phenoxy) is 1. The van der Waals surface area contributed by atoms with Gasteiger partial charge in [0, 0.05) is 5.56 Å². The number of para-hydroxylation sites is 1. The first-order chi connectivity index (χ1) is 10.2. The lowest BCUT2D eigenvalue weighted by Crippen LogP contribution is -2.01. The molecule has 0 radical (unpaired) electrons. The second-order valence-corrected chi connectivity index (χ2v) is 5.32. The first-order valence-corrected chi connectivity index (χ1v) is 7.47. The van der Waals surface area contributed by atoms with Crippen LogP contribution < -0.4 is 4.74 Å². The molecule has 2 rings (SSSR count). The fraction of sp³-hybridized carbons (Fsp3) is 0.176. The largest absolute Gasteiger partial charge is 0.493 e. The zero-order valence-electron chi connectivity index (χ0n) is 11.9. The van der Waals surface area contributed by atoms with Crippen molar-refractivity contribution >= 4 is 23.2 Å². The molecule has 0 aliphatic rings. The van der Waals surface area contributed by atoms with Crippen LogP contribution in [0.1, 0.15) is 27.7 Å². The van der Waals surface area contributed by atoms with Gasteiger partial charge in [0.15, 0.2) is 0 Å². The quantitative estimate of drug-likeness (QED) is 0.471. The fourth-order valence-electron chi connectivity index (χ4n) is 1.92. The molecule has 4 heteroatoms. The Morgan fingerprint density at radius 3 is 2.76 bits per heavy atom. The molecule has 2 aromatic rings. The van der Waals surface area contributed by atoms with Crippen LogP contribution in [0.3, 0.4) is 0 Å². The number of nitrogens with zero attached hydrogens (tertiary/aromatic N) is 1. The van der Waals surface area contributed by atoms with Gasteiger partial charge in [-0.2, -0.15) is 5.26 Å². The van der Waals surface area contributed by atoms with Gasteiger partial charge in [0.25, 0.3) is 0 Å². The summed E-state index contributed by atoms with van der Waals surface area (Å²) in [5, 5.41) is 11.1. The molecule has 0 atom stereocenters. The van der Waals surface area contributed by atoms with Crippen LogP contribution in [-0.4, -0.2) is 12.4 Å². The van der Waals surface area contributed by atoms with Gasteiger partial charge in [-0.05, 0) is 43.0 Å². The van der Waals surface area contributed by atoms with Crippen molar-refractivity contribution in [1.82, 2.24) is 0 Å². The second-order valence-electron chi connectivity index (χ2n) is 4.40. The fourth-order valence-corrected chi connectivity index (χ4v) is 2.80. The Balaban J connectivity index is 2.40. The number of hydrogen-bond acceptors (Lipinski definition) is 4. The van der Waals surface area contributed by atoms with E-state index in [4.69, 9.17) is 4.74 Å². The number of carbonyl (C=O) groups is 1. The normalized spacial score (nSPS) is 11.0. The SMILES string of the molecule is CCOc1ccccc1/C=C(/C#N)C(=O)c1sccc1C. The number of thiophene rings is 1. The molecule has 1 aromatic carbocycles. The number of Topliss-reactive ketones (excluding diaryl/α,β-unsaturated/α-hetero) is 1. The maximum atomic E-state index is 12.4. The van der Waals surface area contributed by atoms with Gasteiger partial charge < -0.3 is 4.74 Å². The Kier molecular flexibility index (Phi) is 4.91. The van der Waals surface area contributed by atoms with Crippen molar-refractivity contribution in [3.63, 3.8) is 0 Å². The minimum Gasteiger partial charge on any atom is -0.493 e. The predicted octanol–water partition coefficient (Wildman–Crippen LogP) is 4.25. The Hall–Kier alpha value is -2.38. The molecule has 0 saturated carbocycles. The molecule has 1 aromatic heterocycles. The zero-order valence-corrected chi connectivity index (χ0v) is 12.7. The molecule has 106 valence electrons. The highest BCUT2D eigenvalue weighted by atomic mass is 32.1. The van der Waals surface area contributed by atoms with Gasteiger partial charge >= 0.3 is 0 Å². The molecule has 0 N–H and O–H groups in total. The summed E-state index contributed by atoms with van der Waals surface area (Å²) in [5.74, 6) is 0.430. The van der Waals surface area contributed by atoms with Crippen molar-refractivity contribution in [2.45, 2.75) is 13.8 Å². The average Bonchev–Trinajstić information content (AvgIpc) is 2.92. The summed E-state index contributed by atoms with van der Waals surface area (Å²) in [7, 11) is 0. The zero-order chi connectivity index (χ0) is 15.2. The minimum absolute atomic E-state index is 0.118. The highest BCUT2D eigenvalue weighted by Gasteiger charge is 2.16. The Morgan fingerprint density at radius 1 is 1.38 bits per heavy atom. The molecule has 0 fully saturated rings. The van der Waals surface area contributed by atoms with Crippen LogP contribution in [0.2, 0.25) is 0 Å². The molecule has 1 heterocycles. The highest BCUT2D eigenvalue weighted by molar-refractivity contribution is 7.12. The van der Waals surface area contributed by atoms with E-state index in [9.17, 15) is 10.1 Å². The first-order valence-electron chi connectivity index (χ1n) is 6.59. The third-order valence-electron chi connectivity index (χ3n) is 2.95. The summed E-state index contributed by atoms with van der Waals surface area (Å²) in [5.41, 5.74) is 1.75. The molecule has 0 aliphatic carbocycles. The number of allylic oxidation sites excluding steroid dienone is 1. The third kappa shape index (κ3) is 3.39. The monoisotopic (exact) mass is 297 g/mol. The Bertz CT molecular complexity index is 722. The van der Waals surface area contributed by atoms with Gasteiger partial charge in [0.1, 0.15) is 17.4 Å². The first kappa shape index (κ1) is 15.0. The topological polar surface area (TPSA) is 50.1 Å². The molecular formula is C17H15NO2S. The van der Waals surface area contributed by atoms with E-state index >= 15 is 0 Å². The molecule has 0 unspecified atom stereocenters. The lowest BCUT2D eigenvalue weighted by atomic mass is 10.0. The van der Waals surface area contributed by atoms with E-state index in [1.54, 1.807) is 6.08 Å². The van der Waals surface area contributed by atoms with Crippen LogP contribution in [0, 0.1) is 18.3 Å². The molecule has 0 spiro atoms. The van der Waals surface area contributed by atoms with Crippen LogP contribution in [0.25, 0.3) is 6.08 Å². The number of carbonyl (C=O) groups excluding carboxylic acids is 1. The van der Waals surface area contributed by atoms with Crippen LogP contribution >= 0.6 is 11.3 Å². The third-order valence-corrected chi connectivity index (χ3v) is 3.97. The molecule has 0 amide bonds. The second kappa shape index (κ2) is 6.87. The van der Waals surface area contributed by atoms with Crippen LogP contribution in [0.15, 0.2) is 41.3 Å². The van der Waals surface area contributed by atoms with Crippen molar-refractivity contribution in [2.24, 2.45) is 0 Å². The summed E-state index contributed by atoms with van der Waals surface area (Å²) in [6, 6.07) is 11.2. The smallest absolute Gasteiger partial charge is 0.213 e. The van der Waals surface area contributed by atoms with E-state index in [-0.39, 0.29) is 11.4 Å². The van der Waals surface area contributed by atoms with Gasteiger partial charge in [-0.25, -0.2) is 0 Å². The molecular weight excluding hydrogens is 282 g/mol. The maximum Gasteiger partial charge on any atom is 0.213 e. The Labute approximate surface area is 128 Å². The number of nitriles is 1. The summed E-state index contributed by atoms with van der Waals surface area (Å²) in [6.45, 7) is 4.30. The molecule has 3 nitrogen and oxygen atoms in total. The van der Waals surface area contributed by atoms with E-state index in [1.165, 1.54) is 11.3 Å². The summed E-state index contributed by atoms with van der Waals surface area (Å²) in [6.07, 6.45) is 1.59. The number of hydrogen-bond donors (Lipinski definition) is 0. The van der Waals surface area contributed by atoms with Crippen molar-refractivity contribution in [3.05, 3.63) is 57.3 Å². The van der Waals surface area contributed by atoms with E-state index in [1.807, 2.05) is 55.6 Å². The van der Waals surface area contributed by atoms with Gasteiger partial charge in [-0.3, -0.25) is 4.79 Å². The molecule has 21 heavy (non-hydrogen) atoms. The minimum atomic E-state index is -0.240. The van der Waals surface area contributed by atoms with E-state index in [0.717, 1.165) is 11.1 Å². The van der Waals surface area contributed by atoms with Gasteiger partial charge in [0.05, 0.1) is 11.5 Å². The number of rotatable bonds is 5. The van der Waals surface area contributed by atoms with Crippen molar-refractivity contribution < 1.29 is 9.53 Å². The Morgan fingerprint density at radius 2 is 2.14 bits per heavy atom. The lowest BCUT2D eigenvalue weighted by Gasteiger charge is -2.07. The highest BCUT2D eigenvalue weighted by Crippen LogP contribution is 2.24. The van der Waals surface area contributed by atoms with Crippen molar-refractivity contribution in [3.8, 4) is 11.8 Å². The van der Waals surface area contributed by atoms with Crippen LogP contribution in [-0.2, 0) is 0 Å². The van der Waals surface area contributed by atoms with E-state index in [0.29, 0.717) is 17.2 Å². The van der Waals surface area contributed by atoms with Crippen molar-refractivity contribution in [1.29, 1.82) is 5.26 Å². The van der Waals surface area contributed by atoms with Gasteiger partial charge in [-0.15, -0.1) is 11.3 Å². The number of benzene rings is 1. The molecule has 0 saturated heterocycles. The number of ketones is 1. The van der Waals surface area contributed by atoms with E-state index in [2.05, 4.69) is 0 Å². The summed E-state index contributed by atoms with van der Waals surface area (Å²) in [4.78, 5) is 13.0. The standard InChI is InChI=1S/C17H15NO2S/c1-3-20-15-7-5-4-6-13(15)10-14(11-18)16(19)17-12(2)8-9-21-17/h4-10H,3H2,1-2H3/b14-10-. The predicted molar refractivity (Wildman–Crippen MR) is 84.6 cm³/mol. The van der Waals surface area contributed by atoms with Gasteiger partial charge in [-0.1, -0.05) is 18.2 Å². The summed E-state index contributed by atoms with van der Waals surface area (Å²) < 4.78 is 5.51.